The van der Waals surface area contributed by atoms with Crippen LogP contribution >= 0.6 is 0 Å². The van der Waals surface area contributed by atoms with Gasteiger partial charge in [0.05, 0.1) is 29.1 Å². The number of carbonyl (C=O) groups is 1. The molecule has 114 valence electrons. The topological polar surface area (TPSA) is 122 Å². The van der Waals surface area contributed by atoms with Crippen molar-refractivity contribution in [2.24, 2.45) is 0 Å². The van der Waals surface area contributed by atoms with E-state index in [4.69, 9.17) is 0 Å². The second-order valence-corrected chi connectivity index (χ2v) is 6.79. The van der Waals surface area contributed by atoms with Gasteiger partial charge in [0.25, 0.3) is 5.69 Å². The Bertz CT molecular complexity index is 716. The van der Waals surface area contributed by atoms with Gasteiger partial charge < -0.3 is 10.6 Å². The van der Waals surface area contributed by atoms with Crippen molar-refractivity contribution in [3.8, 4) is 0 Å². The summed E-state index contributed by atoms with van der Waals surface area (Å²) in [5.41, 5.74) is 0.981. The molecule has 2 N–H and O–H groups in total. The van der Waals surface area contributed by atoms with Crippen molar-refractivity contribution in [1.29, 1.82) is 0 Å². The highest BCUT2D eigenvalue weighted by Gasteiger charge is 2.24. The van der Waals surface area contributed by atoms with Gasteiger partial charge >= 0.3 is 0 Å². The number of hydrogen-bond donors (Lipinski definition) is 2. The van der Waals surface area contributed by atoms with E-state index in [2.05, 4.69) is 10.6 Å². The molecule has 0 spiro atoms. The molecule has 21 heavy (non-hydrogen) atoms. The number of nitro benzene ring substituents is 1. The van der Waals surface area contributed by atoms with Gasteiger partial charge in [-0.1, -0.05) is 0 Å². The van der Waals surface area contributed by atoms with E-state index in [9.17, 15) is 23.3 Å². The molecule has 0 saturated heterocycles. The molecule has 2 rings (SSSR count). The van der Waals surface area contributed by atoms with Crippen molar-refractivity contribution < 1.29 is 18.1 Å². The monoisotopic (exact) mass is 314 g/mol. The molecular weight excluding hydrogens is 300 g/mol. The Morgan fingerprint density at radius 3 is 2.67 bits per heavy atom. The summed E-state index contributed by atoms with van der Waals surface area (Å²) in [6.45, 7) is -0.00782. The largest absolute Gasteiger partial charge is 0.374 e. The van der Waals surface area contributed by atoms with Crippen LogP contribution in [0.25, 0.3) is 0 Å². The maximum atomic E-state index is 11.5. The van der Waals surface area contributed by atoms with Crippen molar-refractivity contribution in [2.45, 2.75) is 6.54 Å². The minimum atomic E-state index is -3.42. The lowest BCUT2D eigenvalue weighted by atomic mass is 10.1. The maximum absolute atomic E-state index is 11.5. The van der Waals surface area contributed by atoms with E-state index >= 15 is 0 Å². The van der Waals surface area contributed by atoms with Crippen LogP contribution in [-0.2, 0) is 21.4 Å². The van der Waals surface area contributed by atoms with Crippen LogP contribution in [0.1, 0.15) is 5.56 Å². The fourth-order valence-corrected chi connectivity index (χ4v) is 2.32. The molecule has 0 saturated carbocycles. The van der Waals surface area contributed by atoms with Crippen LogP contribution in [0.3, 0.4) is 0 Å². The van der Waals surface area contributed by atoms with Gasteiger partial charge in [0.1, 0.15) is 0 Å². The Labute approximate surface area is 121 Å². The molecule has 0 aliphatic carbocycles. The molecule has 0 fully saturated rings. The Hall–Kier alpha value is -2.20. The molecule has 10 heteroatoms. The summed E-state index contributed by atoms with van der Waals surface area (Å²) >= 11 is 0. The van der Waals surface area contributed by atoms with Gasteiger partial charge in [0, 0.05) is 25.7 Å². The van der Waals surface area contributed by atoms with E-state index in [1.54, 1.807) is 0 Å². The van der Waals surface area contributed by atoms with Crippen LogP contribution in [-0.4, -0.2) is 43.4 Å². The lowest BCUT2D eigenvalue weighted by molar-refractivity contribution is -0.384. The van der Waals surface area contributed by atoms with Crippen molar-refractivity contribution in [2.75, 3.05) is 30.5 Å². The van der Waals surface area contributed by atoms with Crippen LogP contribution < -0.4 is 10.6 Å². The van der Waals surface area contributed by atoms with Gasteiger partial charge in [-0.25, -0.2) is 12.7 Å². The molecule has 1 aromatic carbocycles. The first kappa shape index (κ1) is 15.2. The Kier molecular flexibility index (Phi) is 3.83. The molecule has 1 aromatic rings. The normalized spacial score (nSPS) is 14.3. The third kappa shape index (κ3) is 3.28. The number of hydrogen-bond acceptors (Lipinski definition) is 6. The highest BCUT2D eigenvalue weighted by molar-refractivity contribution is 7.88. The van der Waals surface area contributed by atoms with Crippen molar-refractivity contribution in [1.82, 2.24) is 4.31 Å². The van der Waals surface area contributed by atoms with E-state index in [1.165, 1.54) is 19.2 Å². The second kappa shape index (κ2) is 5.30. The number of non-ortho nitro benzene ring substituents is 1. The Morgan fingerprint density at radius 1 is 1.43 bits per heavy atom. The average Bonchev–Trinajstić information content (AvgIpc) is 2.36. The predicted octanol–water partition coefficient (Wildman–Crippen LogP) is 0.350. The highest BCUT2D eigenvalue weighted by atomic mass is 32.2. The SMILES string of the molecule is CN(Cc1cc([N+](=O)[O-])cc2c1NCC(=O)N2)S(C)(=O)=O. The third-order valence-corrected chi connectivity index (χ3v) is 4.34. The van der Waals surface area contributed by atoms with Gasteiger partial charge in [-0.15, -0.1) is 0 Å². The Balaban J connectivity index is 2.48. The van der Waals surface area contributed by atoms with Gasteiger partial charge in [0.15, 0.2) is 0 Å². The van der Waals surface area contributed by atoms with Crippen LogP contribution in [0, 0.1) is 10.1 Å². The number of nitrogens with zero attached hydrogens (tertiary/aromatic N) is 2. The average molecular weight is 314 g/mol. The number of carbonyl (C=O) groups excluding carboxylic acids is 1. The number of nitro groups is 1. The molecule has 1 amide bonds. The Morgan fingerprint density at radius 2 is 2.10 bits per heavy atom. The quantitative estimate of drug-likeness (QED) is 0.611. The minimum absolute atomic E-state index is 0.0282. The first-order valence-electron chi connectivity index (χ1n) is 5.95. The fourth-order valence-electron chi connectivity index (χ4n) is 1.94. The summed E-state index contributed by atoms with van der Waals surface area (Å²) in [4.78, 5) is 21.7. The summed E-state index contributed by atoms with van der Waals surface area (Å²) in [7, 11) is -2.05. The van der Waals surface area contributed by atoms with E-state index in [0.717, 1.165) is 10.6 Å². The number of benzene rings is 1. The predicted molar refractivity (Wildman–Crippen MR) is 76.5 cm³/mol. The first-order chi connectivity index (χ1) is 9.68. The zero-order valence-electron chi connectivity index (χ0n) is 11.4. The van der Waals surface area contributed by atoms with Crippen molar-refractivity contribution >= 4 is 33.0 Å². The molecule has 0 radical (unpaired) electrons. The highest BCUT2D eigenvalue weighted by Crippen LogP contribution is 2.34. The van der Waals surface area contributed by atoms with Gasteiger partial charge in [-0.3, -0.25) is 14.9 Å². The number of nitrogens with one attached hydrogen (secondary N) is 2. The maximum Gasteiger partial charge on any atom is 0.271 e. The number of fused-ring (bicyclic) bond motifs is 1. The van der Waals surface area contributed by atoms with Crippen LogP contribution in [0.15, 0.2) is 12.1 Å². The molecule has 0 bridgehead atoms. The van der Waals surface area contributed by atoms with Gasteiger partial charge in [-0.2, -0.15) is 0 Å². The standard InChI is InChI=1S/C11H14N4O5S/c1-14(21(2,19)20)6-7-3-8(15(17)18)4-9-11(7)12-5-10(16)13-9/h3-4,12H,5-6H2,1-2H3,(H,13,16). The molecule has 0 aromatic heterocycles. The summed E-state index contributed by atoms with van der Waals surface area (Å²) in [6.07, 6.45) is 1.05. The number of amides is 1. The van der Waals surface area contributed by atoms with Crippen LogP contribution in [0.5, 0.6) is 0 Å². The molecule has 1 aliphatic rings. The number of sulfonamides is 1. The smallest absolute Gasteiger partial charge is 0.271 e. The van der Waals surface area contributed by atoms with Gasteiger partial charge in [-0.05, 0) is 5.56 Å². The third-order valence-electron chi connectivity index (χ3n) is 3.07. The minimum Gasteiger partial charge on any atom is -0.374 e. The van der Waals surface area contributed by atoms with E-state index in [-0.39, 0.29) is 30.4 Å². The van der Waals surface area contributed by atoms with E-state index < -0.39 is 14.9 Å². The molecule has 0 atom stereocenters. The van der Waals surface area contributed by atoms with Crippen molar-refractivity contribution in [3.63, 3.8) is 0 Å². The van der Waals surface area contributed by atoms with Crippen LogP contribution in [0.2, 0.25) is 0 Å². The zero-order valence-corrected chi connectivity index (χ0v) is 12.2. The van der Waals surface area contributed by atoms with Crippen molar-refractivity contribution in [3.05, 3.63) is 27.8 Å². The number of anilines is 2. The van der Waals surface area contributed by atoms with Crippen LogP contribution in [0.4, 0.5) is 17.1 Å². The zero-order chi connectivity index (χ0) is 15.8. The lowest BCUT2D eigenvalue weighted by Gasteiger charge is -2.23. The fraction of sp³-hybridized carbons (Fsp3) is 0.364. The summed E-state index contributed by atoms with van der Waals surface area (Å²) in [6, 6.07) is 2.54. The summed E-state index contributed by atoms with van der Waals surface area (Å²) in [5, 5.41) is 16.3. The van der Waals surface area contributed by atoms with E-state index in [1.807, 2.05) is 0 Å². The molecular formula is C11H14N4O5S. The van der Waals surface area contributed by atoms with E-state index in [0.29, 0.717) is 11.3 Å². The lowest BCUT2D eigenvalue weighted by Crippen LogP contribution is -2.30. The second-order valence-electron chi connectivity index (χ2n) is 4.71. The molecule has 0 unspecified atom stereocenters. The molecule has 1 aliphatic heterocycles. The summed E-state index contributed by atoms with van der Waals surface area (Å²) < 4.78 is 24.0. The van der Waals surface area contributed by atoms with Gasteiger partial charge in [0.2, 0.25) is 15.9 Å². The first-order valence-corrected chi connectivity index (χ1v) is 7.79. The summed E-state index contributed by atoms with van der Waals surface area (Å²) in [5.74, 6) is -0.314. The number of rotatable bonds is 4. The molecule has 9 nitrogen and oxygen atoms in total. The molecule has 1 heterocycles.